The number of ether oxygens (including phenoxy) is 1. The molecule has 0 unspecified atom stereocenters. The molecule has 0 aliphatic carbocycles. The van der Waals surface area contributed by atoms with E-state index < -0.39 is 0 Å². The third kappa shape index (κ3) is 5.56. The molecule has 2 heterocycles. The number of piperidine rings is 1. The first-order chi connectivity index (χ1) is 15.3. The van der Waals surface area contributed by atoms with Gasteiger partial charge in [0.1, 0.15) is 5.82 Å². The number of esters is 1. The number of aryl methyl sites for hydroxylation is 1. The minimum Gasteiger partial charge on any atom is -0.466 e. The number of benzene rings is 1. The molecule has 1 aromatic carbocycles. The zero-order valence-electron chi connectivity index (χ0n) is 18.6. The lowest BCUT2D eigenvalue weighted by atomic mass is 9.97. The Morgan fingerprint density at radius 3 is 2.59 bits per heavy atom. The van der Waals surface area contributed by atoms with Crippen LogP contribution in [0.25, 0.3) is 0 Å². The number of likely N-dealkylation sites (tertiary alicyclic amines) is 1. The Balaban J connectivity index is 1.62. The summed E-state index contributed by atoms with van der Waals surface area (Å²) in [5.41, 5.74) is 1.16. The van der Waals surface area contributed by atoms with Crippen LogP contribution in [0.4, 0.5) is 4.39 Å². The molecule has 1 amide bonds. The highest BCUT2D eigenvalue weighted by Crippen LogP contribution is 2.22. The van der Waals surface area contributed by atoms with Crippen molar-refractivity contribution >= 4 is 23.6 Å². The Kier molecular flexibility index (Phi) is 8.06. The van der Waals surface area contributed by atoms with Gasteiger partial charge in [0.25, 0.3) is 5.56 Å². The summed E-state index contributed by atoms with van der Waals surface area (Å²) >= 11 is 1.21. The lowest BCUT2D eigenvalue weighted by Crippen LogP contribution is -2.41. The van der Waals surface area contributed by atoms with Crippen molar-refractivity contribution in [3.8, 4) is 0 Å². The predicted molar refractivity (Wildman–Crippen MR) is 120 cm³/mol. The van der Waals surface area contributed by atoms with Crippen molar-refractivity contribution in [1.82, 2.24) is 14.5 Å². The van der Waals surface area contributed by atoms with Crippen molar-refractivity contribution in [2.75, 3.05) is 25.4 Å². The van der Waals surface area contributed by atoms with Gasteiger partial charge in [0.2, 0.25) is 5.91 Å². The Morgan fingerprint density at radius 2 is 1.94 bits per heavy atom. The van der Waals surface area contributed by atoms with Crippen LogP contribution in [-0.4, -0.2) is 51.8 Å². The molecule has 32 heavy (non-hydrogen) atoms. The minimum atomic E-state index is -0.357. The minimum absolute atomic E-state index is 0.0559. The predicted octanol–water partition coefficient (Wildman–Crippen LogP) is 2.71. The van der Waals surface area contributed by atoms with Gasteiger partial charge in [-0.1, -0.05) is 30.0 Å². The summed E-state index contributed by atoms with van der Waals surface area (Å²) in [6, 6.07) is 6.36. The number of nitrogens with zero attached hydrogens (tertiary/aromatic N) is 3. The second kappa shape index (κ2) is 10.8. The molecule has 0 saturated carbocycles. The van der Waals surface area contributed by atoms with Gasteiger partial charge in [0, 0.05) is 37.8 Å². The maximum Gasteiger partial charge on any atom is 0.309 e. The normalized spacial score (nSPS) is 14.4. The van der Waals surface area contributed by atoms with Crippen molar-refractivity contribution in [3.05, 3.63) is 57.3 Å². The highest BCUT2D eigenvalue weighted by molar-refractivity contribution is 7.99. The molecule has 1 aliphatic rings. The maximum absolute atomic E-state index is 14.0. The van der Waals surface area contributed by atoms with Gasteiger partial charge >= 0.3 is 5.97 Å². The van der Waals surface area contributed by atoms with E-state index in [0.29, 0.717) is 54.5 Å². The van der Waals surface area contributed by atoms with E-state index in [0.717, 1.165) is 0 Å². The summed E-state index contributed by atoms with van der Waals surface area (Å²) in [5, 5.41) is 0.444. The largest absolute Gasteiger partial charge is 0.466 e. The molecule has 1 aromatic heterocycles. The molecule has 172 valence electrons. The Hall–Kier alpha value is -2.68. The Bertz CT molecular complexity index is 1050. The van der Waals surface area contributed by atoms with Gasteiger partial charge in [-0.2, -0.15) is 0 Å². The summed E-state index contributed by atoms with van der Waals surface area (Å²) < 4.78 is 20.5. The van der Waals surface area contributed by atoms with E-state index in [1.807, 2.05) is 0 Å². The van der Waals surface area contributed by atoms with Crippen molar-refractivity contribution in [3.63, 3.8) is 0 Å². The molecule has 7 nitrogen and oxygen atoms in total. The average Bonchev–Trinajstić information content (AvgIpc) is 2.79. The molecule has 9 heteroatoms. The zero-order chi connectivity index (χ0) is 23.3. The fourth-order valence-corrected chi connectivity index (χ4v) is 4.65. The molecule has 1 aliphatic heterocycles. The molecule has 2 aromatic rings. The van der Waals surface area contributed by atoms with E-state index in [1.54, 1.807) is 44.0 Å². The van der Waals surface area contributed by atoms with Crippen molar-refractivity contribution in [1.29, 1.82) is 0 Å². The van der Waals surface area contributed by atoms with E-state index in [9.17, 15) is 18.8 Å². The first-order valence-corrected chi connectivity index (χ1v) is 11.7. The van der Waals surface area contributed by atoms with Gasteiger partial charge in [-0.3, -0.25) is 19.0 Å². The number of hydrogen-bond acceptors (Lipinski definition) is 6. The van der Waals surface area contributed by atoms with Gasteiger partial charge in [0.05, 0.1) is 18.3 Å². The van der Waals surface area contributed by atoms with Crippen LogP contribution in [0.2, 0.25) is 0 Å². The molecule has 3 rings (SSSR count). The third-order valence-corrected chi connectivity index (χ3v) is 6.68. The van der Waals surface area contributed by atoms with Crippen LogP contribution >= 0.6 is 11.8 Å². The van der Waals surface area contributed by atoms with Crippen LogP contribution in [0.15, 0.2) is 34.2 Å². The Labute approximate surface area is 191 Å². The van der Waals surface area contributed by atoms with Crippen LogP contribution in [-0.2, 0) is 27.8 Å². The molecular formula is C23H28FN3O4S. The zero-order valence-corrected chi connectivity index (χ0v) is 19.4. The summed E-state index contributed by atoms with van der Waals surface area (Å²) in [7, 11) is 1.61. The summed E-state index contributed by atoms with van der Waals surface area (Å²) in [5.74, 6) is -0.613. The number of amides is 1. The van der Waals surface area contributed by atoms with Gasteiger partial charge in [0.15, 0.2) is 5.16 Å². The number of thioether (sulfide) groups is 1. The number of halogens is 1. The monoisotopic (exact) mass is 461 g/mol. The van der Waals surface area contributed by atoms with E-state index in [4.69, 9.17) is 4.74 Å². The molecule has 0 bridgehead atoms. The van der Waals surface area contributed by atoms with E-state index in [1.165, 1.54) is 22.4 Å². The van der Waals surface area contributed by atoms with Crippen molar-refractivity contribution < 1.29 is 18.7 Å². The van der Waals surface area contributed by atoms with Crippen LogP contribution < -0.4 is 5.56 Å². The highest BCUT2D eigenvalue weighted by atomic mass is 32.2. The molecular weight excluding hydrogens is 433 g/mol. The second-order valence-corrected chi connectivity index (χ2v) is 8.73. The van der Waals surface area contributed by atoms with Crippen LogP contribution in [0.5, 0.6) is 0 Å². The SMILES string of the molecule is CCOC(=O)C1CCN(C(=O)CSc2nc(C)c(Cc3ccccc3F)c(=O)n2C)CC1. The quantitative estimate of drug-likeness (QED) is 0.358. The molecule has 1 fully saturated rings. The first-order valence-electron chi connectivity index (χ1n) is 10.7. The highest BCUT2D eigenvalue weighted by Gasteiger charge is 2.28. The van der Waals surface area contributed by atoms with Crippen LogP contribution in [0.1, 0.15) is 36.6 Å². The van der Waals surface area contributed by atoms with E-state index >= 15 is 0 Å². The van der Waals surface area contributed by atoms with Crippen LogP contribution in [0.3, 0.4) is 0 Å². The van der Waals surface area contributed by atoms with Gasteiger partial charge in [-0.15, -0.1) is 0 Å². The number of hydrogen-bond donors (Lipinski definition) is 0. The average molecular weight is 462 g/mol. The summed E-state index contributed by atoms with van der Waals surface area (Å²) in [6.45, 7) is 4.89. The topological polar surface area (TPSA) is 81.5 Å². The van der Waals surface area contributed by atoms with E-state index in [-0.39, 0.29) is 41.3 Å². The van der Waals surface area contributed by atoms with E-state index in [2.05, 4.69) is 4.98 Å². The molecule has 0 radical (unpaired) electrons. The fourth-order valence-electron chi connectivity index (χ4n) is 3.74. The lowest BCUT2D eigenvalue weighted by Gasteiger charge is -2.30. The Morgan fingerprint density at radius 1 is 1.25 bits per heavy atom. The van der Waals surface area contributed by atoms with Gasteiger partial charge in [-0.25, -0.2) is 9.37 Å². The number of carbonyl (C=O) groups is 2. The first kappa shape index (κ1) is 24.0. The lowest BCUT2D eigenvalue weighted by molar-refractivity contribution is -0.151. The smallest absolute Gasteiger partial charge is 0.309 e. The van der Waals surface area contributed by atoms with Crippen molar-refractivity contribution in [2.24, 2.45) is 13.0 Å². The van der Waals surface area contributed by atoms with Gasteiger partial charge < -0.3 is 9.64 Å². The fraction of sp³-hybridized carbons (Fsp3) is 0.478. The van der Waals surface area contributed by atoms with Gasteiger partial charge in [-0.05, 0) is 38.3 Å². The molecule has 0 atom stereocenters. The second-order valence-electron chi connectivity index (χ2n) is 7.79. The summed E-state index contributed by atoms with van der Waals surface area (Å²) in [4.78, 5) is 43.6. The standard InChI is InChI=1S/C23H28FN3O4S/c1-4-31-22(30)16-9-11-27(12-10-16)20(28)14-32-23-25-15(2)18(21(29)26(23)3)13-17-7-5-6-8-19(17)24/h5-8,16H,4,9-14H2,1-3H3. The molecule has 0 spiro atoms. The maximum atomic E-state index is 14.0. The number of aromatic nitrogens is 2. The van der Waals surface area contributed by atoms with Crippen LogP contribution in [0, 0.1) is 18.7 Å². The summed E-state index contributed by atoms with van der Waals surface area (Å²) in [6.07, 6.45) is 1.35. The number of rotatable bonds is 7. The molecule has 1 saturated heterocycles. The number of carbonyl (C=O) groups excluding carboxylic acids is 2. The molecule has 0 N–H and O–H groups in total. The van der Waals surface area contributed by atoms with Crippen molar-refractivity contribution in [2.45, 2.75) is 38.3 Å². The third-order valence-electron chi connectivity index (χ3n) is 5.67.